The van der Waals surface area contributed by atoms with Crippen LogP contribution in [0, 0.1) is 0 Å². The number of anilines is 1. The van der Waals surface area contributed by atoms with Crippen molar-refractivity contribution in [2.45, 2.75) is 6.04 Å². The molecule has 1 fully saturated rings. The lowest BCUT2D eigenvalue weighted by Gasteiger charge is -2.22. The van der Waals surface area contributed by atoms with Crippen LogP contribution in [0.3, 0.4) is 0 Å². The fourth-order valence-corrected chi connectivity index (χ4v) is 2.75. The molecule has 1 aliphatic heterocycles. The molecule has 1 aromatic carbocycles. The summed E-state index contributed by atoms with van der Waals surface area (Å²) < 4.78 is 10.4. The van der Waals surface area contributed by atoms with Gasteiger partial charge in [0.1, 0.15) is 12.4 Å². The van der Waals surface area contributed by atoms with Gasteiger partial charge in [-0.2, -0.15) is 0 Å². The molecule has 1 N–H and O–H groups in total. The zero-order valence-electron chi connectivity index (χ0n) is 14.3. The fraction of sp³-hybridized carbons (Fsp3) is 0.333. The molecule has 132 valence electrons. The van der Waals surface area contributed by atoms with E-state index in [1.807, 2.05) is 31.1 Å². The second-order valence-corrected chi connectivity index (χ2v) is 6.02. The van der Waals surface area contributed by atoms with Crippen molar-refractivity contribution < 1.29 is 18.7 Å². The first-order chi connectivity index (χ1) is 12.1. The number of hydrogen-bond donors (Lipinski definition) is 1. The van der Waals surface area contributed by atoms with Crippen molar-refractivity contribution in [3.63, 3.8) is 0 Å². The molecule has 0 aliphatic carbocycles. The van der Waals surface area contributed by atoms with E-state index in [0.29, 0.717) is 30.9 Å². The molecule has 0 radical (unpaired) electrons. The van der Waals surface area contributed by atoms with Crippen LogP contribution in [0.15, 0.2) is 47.1 Å². The Kier molecular flexibility index (Phi) is 5.04. The lowest BCUT2D eigenvalue weighted by atomic mass is 10.1. The average Bonchev–Trinajstić information content (AvgIpc) is 3.26. The van der Waals surface area contributed by atoms with Crippen LogP contribution >= 0.6 is 0 Å². The maximum Gasteiger partial charge on any atom is 0.414 e. The number of carbonyl (C=O) groups is 2. The number of amides is 2. The molecule has 0 unspecified atom stereocenters. The van der Waals surface area contributed by atoms with Gasteiger partial charge >= 0.3 is 6.09 Å². The summed E-state index contributed by atoms with van der Waals surface area (Å²) in [5.41, 5.74) is 1.15. The first-order valence-corrected chi connectivity index (χ1v) is 8.08. The Bertz CT molecular complexity index is 743. The van der Waals surface area contributed by atoms with Gasteiger partial charge in [0, 0.05) is 17.8 Å². The predicted molar refractivity (Wildman–Crippen MR) is 92.6 cm³/mol. The van der Waals surface area contributed by atoms with Crippen LogP contribution in [-0.4, -0.2) is 50.7 Å². The summed E-state index contributed by atoms with van der Waals surface area (Å²) in [5.74, 6) is 0.590. The molecule has 25 heavy (non-hydrogen) atoms. The standard InChI is InChI=1S/C18H21N3O4/c1-20(2)15(16-7-4-9-24-16)12-19-17(22)13-5-3-6-14(11-13)21-8-10-25-18(21)23/h3-7,9,11,15H,8,10,12H2,1-2H3,(H,19,22)/t15-/m1/s1. The van der Waals surface area contributed by atoms with Crippen LogP contribution in [0.25, 0.3) is 0 Å². The molecule has 0 saturated carbocycles. The van der Waals surface area contributed by atoms with Gasteiger partial charge in [0.05, 0.1) is 18.8 Å². The minimum Gasteiger partial charge on any atom is -0.468 e. The van der Waals surface area contributed by atoms with Crippen LogP contribution in [0.2, 0.25) is 0 Å². The molecule has 2 aromatic rings. The van der Waals surface area contributed by atoms with Crippen molar-refractivity contribution in [2.24, 2.45) is 0 Å². The number of carbonyl (C=O) groups excluding carboxylic acids is 2. The van der Waals surface area contributed by atoms with E-state index in [2.05, 4.69) is 5.32 Å². The highest BCUT2D eigenvalue weighted by Gasteiger charge is 2.24. The van der Waals surface area contributed by atoms with Gasteiger partial charge in [0.25, 0.3) is 5.91 Å². The highest BCUT2D eigenvalue weighted by molar-refractivity contribution is 5.97. The third-order valence-corrected chi connectivity index (χ3v) is 4.13. The Labute approximate surface area is 146 Å². The normalized spacial score (nSPS) is 15.3. The van der Waals surface area contributed by atoms with E-state index in [4.69, 9.17) is 9.15 Å². The van der Waals surface area contributed by atoms with Crippen LogP contribution in [0.1, 0.15) is 22.2 Å². The molecule has 1 aliphatic rings. The van der Waals surface area contributed by atoms with Crippen molar-refractivity contribution >= 4 is 17.7 Å². The van der Waals surface area contributed by atoms with Gasteiger partial charge in [-0.1, -0.05) is 6.07 Å². The maximum absolute atomic E-state index is 12.5. The highest BCUT2D eigenvalue weighted by Crippen LogP contribution is 2.21. The minimum absolute atomic E-state index is 0.0595. The van der Waals surface area contributed by atoms with Gasteiger partial charge in [-0.3, -0.25) is 14.6 Å². The highest BCUT2D eigenvalue weighted by atomic mass is 16.6. The number of rotatable bonds is 6. The van der Waals surface area contributed by atoms with Crippen LogP contribution in [-0.2, 0) is 4.74 Å². The molecule has 1 atom stereocenters. The topological polar surface area (TPSA) is 75.0 Å². The number of furan rings is 1. The van der Waals surface area contributed by atoms with E-state index in [0.717, 1.165) is 5.76 Å². The summed E-state index contributed by atoms with van der Waals surface area (Å²) in [6.45, 7) is 1.27. The number of hydrogen-bond acceptors (Lipinski definition) is 5. The number of benzene rings is 1. The average molecular weight is 343 g/mol. The minimum atomic E-state index is -0.386. The molecule has 3 rings (SSSR count). The lowest BCUT2D eigenvalue weighted by Crippen LogP contribution is -2.34. The maximum atomic E-state index is 12.5. The summed E-state index contributed by atoms with van der Waals surface area (Å²) >= 11 is 0. The molecule has 7 nitrogen and oxygen atoms in total. The monoisotopic (exact) mass is 343 g/mol. The van der Waals surface area contributed by atoms with Crippen molar-refractivity contribution in [1.29, 1.82) is 0 Å². The molecular formula is C18H21N3O4. The smallest absolute Gasteiger partial charge is 0.414 e. The van der Waals surface area contributed by atoms with Crippen LogP contribution in [0.5, 0.6) is 0 Å². The molecule has 1 saturated heterocycles. The van der Waals surface area contributed by atoms with Crippen molar-refractivity contribution in [3.05, 3.63) is 54.0 Å². The zero-order chi connectivity index (χ0) is 17.8. The van der Waals surface area contributed by atoms with E-state index in [1.165, 1.54) is 4.90 Å². The Morgan fingerprint density at radius 2 is 2.16 bits per heavy atom. The Morgan fingerprint density at radius 3 is 2.80 bits per heavy atom. The molecular weight excluding hydrogens is 322 g/mol. The molecule has 0 spiro atoms. The van der Waals surface area contributed by atoms with Gasteiger partial charge in [-0.05, 0) is 44.4 Å². The third-order valence-electron chi connectivity index (χ3n) is 4.13. The molecule has 0 bridgehead atoms. The molecule has 7 heteroatoms. The first-order valence-electron chi connectivity index (χ1n) is 8.08. The van der Waals surface area contributed by atoms with Gasteiger partial charge in [0.2, 0.25) is 0 Å². The third kappa shape index (κ3) is 3.83. The number of cyclic esters (lactones) is 1. The number of nitrogens with zero attached hydrogens (tertiary/aromatic N) is 2. The van der Waals surface area contributed by atoms with Crippen molar-refractivity contribution in [3.8, 4) is 0 Å². The van der Waals surface area contributed by atoms with Gasteiger partial charge in [-0.25, -0.2) is 4.79 Å². The summed E-state index contributed by atoms with van der Waals surface area (Å²) in [6.07, 6.45) is 1.23. The van der Waals surface area contributed by atoms with E-state index in [1.54, 1.807) is 30.5 Å². The van der Waals surface area contributed by atoms with Gasteiger partial charge < -0.3 is 14.5 Å². The molecule has 1 aromatic heterocycles. The Hall–Kier alpha value is -2.80. The van der Waals surface area contributed by atoms with E-state index >= 15 is 0 Å². The fourth-order valence-electron chi connectivity index (χ4n) is 2.75. The summed E-state index contributed by atoms with van der Waals surface area (Å²) in [7, 11) is 3.86. The second-order valence-electron chi connectivity index (χ2n) is 6.02. The quantitative estimate of drug-likeness (QED) is 0.871. The zero-order valence-corrected chi connectivity index (χ0v) is 14.3. The van der Waals surface area contributed by atoms with E-state index in [9.17, 15) is 9.59 Å². The van der Waals surface area contributed by atoms with Crippen LogP contribution < -0.4 is 10.2 Å². The lowest BCUT2D eigenvalue weighted by molar-refractivity contribution is 0.0939. The van der Waals surface area contributed by atoms with E-state index in [-0.39, 0.29) is 18.0 Å². The van der Waals surface area contributed by atoms with E-state index < -0.39 is 0 Å². The largest absolute Gasteiger partial charge is 0.468 e. The SMILES string of the molecule is CN(C)[C@H](CNC(=O)c1cccc(N2CCOC2=O)c1)c1ccco1. The van der Waals surface area contributed by atoms with Crippen molar-refractivity contribution in [1.82, 2.24) is 10.2 Å². The Morgan fingerprint density at radius 1 is 1.32 bits per heavy atom. The Balaban J connectivity index is 1.68. The van der Waals surface area contributed by atoms with Gasteiger partial charge in [0.15, 0.2) is 0 Å². The molecule has 2 amide bonds. The summed E-state index contributed by atoms with van der Waals surface area (Å²) in [6, 6.07) is 10.6. The second kappa shape index (κ2) is 7.40. The summed E-state index contributed by atoms with van der Waals surface area (Å²) in [5, 5.41) is 2.92. The number of likely N-dealkylation sites (N-methyl/N-ethyl adjacent to an activating group) is 1. The van der Waals surface area contributed by atoms with Crippen LogP contribution in [0.4, 0.5) is 10.5 Å². The van der Waals surface area contributed by atoms with Gasteiger partial charge in [-0.15, -0.1) is 0 Å². The molecule has 2 heterocycles. The number of nitrogens with one attached hydrogen (secondary N) is 1. The van der Waals surface area contributed by atoms with Crippen molar-refractivity contribution in [2.75, 3.05) is 38.7 Å². The number of ether oxygens (including phenoxy) is 1. The predicted octanol–water partition coefficient (Wildman–Crippen LogP) is 2.27. The summed E-state index contributed by atoms with van der Waals surface area (Å²) in [4.78, 5) is 27.7. The first kappa shape index (κ1) is 17.0.